The fourth-order valence-corrected chi connectivity index (χ4v) is 6.14. The molecule has 1 heterocycles. The molecule has 0 aromatic rings. The average molecular weight is 401 g/mol. The second-order valence-electron chi connectivity index (χ2n) is 5.32. The van der Waals surface area contributed by atoms with E-state index in [9.17, 15) is 4.79 Å². The van der Waals surface area contributed by atoms with Crippen LogP contribution in [0.5, 0.6) is 0 Å². The molecular formula is C11H20HgO3. The van der Waals surface area contributed by atoms with Gasteiger partial charge in [0.2, 0.25) is 0 Å². The summed E-state index contributed by atoms with van der Waals surface area (Å²) in [5.41, 5.74) is 0.243. The molecule has 1 fully saturated rings. The van der Waals surface area contributed by atoms with Crippen molar-refractivity contribution in [3.63, 3.8) is 0 Å². The van der Waals surface area contributed by atoms with E-state index in [1.807, 2.05) is 0 Å². The van der Waals surface area contributed by atoms with Gasteiger partial charge >= 0.3 is 105 Å². The molecule has 4 heteroatoms. The van der Waals surface area contributed by atoms with Gasteiger partial charge in [-0.25, -0.2) is 0 Å². The van der Waals surface area contributed by atoms with Gasteiger partial charge in [-0.05, 0) is 0 Å². The van der Waals surface area contributed by atoms with Gasteiger partial charge in [-0.2, -0.15) is 0 Å². The fraction of sp³-hybridized carbons (Fsp3) is 0.909. The van der Waals surface area contributed by atoms with Crippen molar-refractivity contribution in [2.45, 2.75) is 56.7 Å². The molecule has 0 aliphatic carbocycles. The number of rotatable bonds is 3. The van der Waals surface area contributed by atoms with Crippen LogP contribution >= 0.6 is 0 Å². The summed E-state index contributed by atoms with van der Waals surface area (Å²) in [5, 5.41) is 0. The molecule has 0 bridgehead atoms. The van der Waals surface area contributed by atoms with Crippen LogP contribution in [0.15, 0.2) is 0 Å². The number of carbonyl (C=O) groups is 1. The van der Waals surface area contributed by atoms with E-state index in [-0.39, 0.29) is 11.4 Å². The molecule has 0 aromatic heterocycles. The molecule has 1 rings (SSSR count). The molecule has 15 heavy (non-hydrogen) atoms. The van der Waals surface area contributed by atoms with Crippen LogP contribution in [-0.4, -0.2) is 18.2 Å². The zero-order valence-electron chi connectivity index (χ0n) is 10.2. The van der Waals surface area contributed by atoms with E-state index in [4.69, 9.17) is 7.38 Å². The van der Waals surface area contributed by atoms with Gasteiger partial charge in [-0.3, -0.25) is 0 Å². The van der Waals surface area contributed by atoms with Gasteiger partial charge in [0.1, 0.15) is 0 Å². The Bertz CT molecular complexity index is 222. The number of carbonyl (C=O) groups excluding carboxylic acids is 1. The summed E-state index contributed by atoms with van der Waals surface area (Å²) in [4.78, 5) is 10.6. The quantitative estimate of drug-likeness (QED) is 0.683. The molecule has 0 radical (unpaired) electrons. The normalized spacial score (nSPS) is 26.1. The maximum absolute atomic E-state index is 10.6. The van der Waals surface area contributed by atoms with E-state index < -0.39 is 25.0 Å². The van der Waals surface area contributed by atoms with Crippen LogP contribution < -0.4 is 0 Å². The van der Waals surface area contributed by atoms with Crippen molar-refractivity contribution < 1.29 is 37.2 Å². The van der Waals surface area contributed by atoms with Crippen molar-refractivity contribution in [1.82, 2.24) is 0 Å². The first kappa shape index (κ1) is 13.4. The van der Waals surface area contributed by atoms with Crippen LogP contribution in [0.4, 0.5) is 0 Å². The minimum atomic E-state index is -1.42. The summed E-state index contributed by atoms with van der Waals surface area (Å²) < 4.78 is 12.1. The number of hydrogen-bond donors (Lipinski definition) is 0. The molecule has 2 unspecified atom stereocenters. The molecule has 1 saturated heterocycles. The summed E-state index contributed by atoms with van der Waals surface area (Å²) in [6, 6.07) is 0. The van der Waals surface area contributed by atoms with E-state index >= 15 is 0 Å². The van der Waals surface area contributed by atoms with Crippen molar-refractivity contribution in [3.05, 3.63) is 0 Å². The monoisotopic (exact) mass is 402 g/mol. The van der Waals surface area contributed by atoms with Crippen molar-refractivity contribution in [3.8, 4) is 0 Å². The van der Waals surface area contributed by atoms with Gasteiger partial charge in [0, 0.05) is 0 Å². The van der Waals surface area contributed by atoms with Gasteiger partial charge in [0.05, 0.1) is 0 Å². The number of hydrogen-bond acceptors (Lipinski definition) is 3. The second-order valence-corrected chi connectivity index (χ2v) is 10.3. The standard InChI is InChI=1S/C9H17O.C2H4O2.Hg/c1-7-5-6-8(10-7)9(2,3)4;1-2(3)4;/h7-8H,1,5-6H2,2-4H3;1H3,(H,3,4);/q;;+1/p-1. The van der Waals surface area contributed by atoms with Crippen LogP contribution in [0.25, 0.3) is 0 Å². The SMILES string of the molecule is CC(=O)[O][Hg][CH2]C1CCC(C(C)(C)C)O1. The Hall–Kier alpha value is 0.365. The zero-order valence-corrected chi connectivity index (χ0v) is 15.7. The van der Waals surface area contributed by atoms with Crippen LogP contribution in [0.3, 0.4) is 0 Å². The van der Waals surface area contributed by atoms with E-state index in [1.165, 1.54) is 6.92 Å². The summed E-state index contributed by atoms with van der Waals surface area (Å²) in [7, 11) is 0. The predicted molar refractivity (Wildman–Crippen MR) is 53.9 cm³/mol. The molecular weight excluding hydrogens is 381 g/mol. The van der Waals surface area contributed by atoms with Crippen LogP contribution in [-0.2, 0) is 37.2 Å². The first-order valence-corrected chi connectivity index (χ1v) is 11.8. The van der Waals surface area contributed by atoms with Gasteiger partial charge in [0.25, 0.3) is 0 Å². The topological polar surface area (TPSA) is 35.5 Å². The Morgan fingerprint density at radius 3 is 2.60 bits per heavy atom. The van der Waals surface area contributed by atoms with E-state index in [2.05, 4.69) is 20.8 Å². The molecule has 0 aromatic carbocycles. The Labute approximate surface area is 105 Å². The van der Waals surface area contributed by atoms with Gasteiger partial charge in [-0.1, -0.05) is 0 Å². The van der Waals surface area contributed by atoms with Crippen LogP contribution in [0.2, 0.25) is 3.93 Å². The fourth-order valence-electron chi connectivity index (χ4n) is 1.89. The molecule has 1 aliphatic rings. The van der Waals surface area contributed by atoms with Gasteiger partial charge in [0.15, 0.2) is 0 Å². The Kier molecular flexibility index (Phi) is 5.03. The molecule has 0 saturated carbocycles. The molecule has 84 valence electrons. The van der Waals surface area contributed by atoms with Gasteiger partial charge < -0.3 is 0 Å². The molecule has 1 aliphatic heterocycles. The van der Waals surface area contributed by atoms with Crippen molar-refractivity contribution >= 4 is 5.97 Å². The Morgan fingerprint density at radius 1 is 1.47 bits per heavy atom. The molecule has 0 spiro atoms. The van der Waals surface area contributed by atoms with Crippen LogP contribution in [0.1, 0.15) is 40.5 Å². The molecule has 0 amide bonds. The van der Waals surface area contributed by atoms with E-state index in [1.54, 1.807) is 0 Å². The maximum atomic E-state index is 10.6. The summed E-state index contributed by atoms with van der Waals surface area (Å²) >= 11 is -1.42. The third kappa shape index (κ3) is 4.81. The van der Waals surface area contributed by atoms with Crippen molar-refractivity contribution in [1.29, 1.82) is 0 Å². The zero-order chi connectivity index (χ0) is 11.5. The van der Waals surface area contributed by atoms with Crippen LogP contribution in [0, 0.1) is 5.41 Å². The van der Waals surface area contributed by atoms with Crippen molar-refractivity contribution in [2.24, 2.45) is 5.41 Å². The third-order valence-electron chi connectivity index (χ3n) is 2.82. The first-order chi connectivity index (χ1) is 6.89. The summed E-state index contributed by atoms with van der Waals surface area (Å²) in [6.45, 7) is 8.15. The molecule has 2 atom stereocenters. The average Bonchev–Trinajstić information content (AvgIpc) is 2.51. The second kappa shape index (κ2) is 5.62. The van der Waals surface area contributed by atoms with E-state index in [0.717, 1.165) is 16.8 Å². The third-order valence-corrected chi connectivity index (χ3v) is 8.61. The Morgan fingerprint density at radius 2 is 2.13 bits per heavy atom. The van der Waals surface area contributed by atoms with E-state index in [0.29, 0.717) is 12.2 Å². The summed E-state index contributed by atoms with van der Waals surface area (Å²) in [6.07, 6.45) is 3.05. The summed E-state index contributed by atoms with van der Waals surface area (Å²) in [5.74, 6) is -0.109. The molecule has 3 nitrogen and oxygen atoms in total. The molecule has 0 N–H and O–H groups in total. The number of ether oxygens (including phenoxy) is 1. The predicted octanol–water partition coefficient (Wildman–Crippen LogP) is 2.56. The first-order valence-electron chi connectivity index (χ1n) is 5.68. The Balaban J connectivity index is 2.22. The van der Waals surface area contributed by atoms with Crippen molar-refractivity contribution in [2.75, 3.05) is 0 Å². The minimum absolute atomic E-state index is 0.109. The van der Waals surface area contributed by atoms with Gasteiger partial charge in [-0.15, -0.1) is 0 Å².